The molecule has 1 fully saturated rings. The molecular weight excluding hydrogens is 413 g/mol. The largest absolute Gasteiger partial charge is 0.351 e. The lowest BCUT2D eigenvalue weighted by Gasteiger charge is -2.17. The van der Waals surface area contributed by atoms with Crippen LogP contribution in [-0.2, 0) is 11.3 Å². The Kier molecular flexibility index (Phi) is 8.08. The number of hydrogen-bond acceptors (Lipinski definition) is 4. The van der Waals surface area contributed by atoms with Crippen LogP contribution < -0.4 is 10.6 Å². The van der Waals surface area contributed by atoms with Crippen LogP contribution in [0.15, 0.2) is 4.99 Å². The molecule has 0 aliphatic carbocycles. The molecule has 0 spiro atoms. The summed E-state index contributed by atoms with van der Waals surface area (Å²) >= 11 is 1.68. The summed E-state index contributed by atoms with van der Waals surface area (Å²) in [5.74, 6) is 0.785. The maximum atomic E-state index is 12.0. The van der Waals surface area contributed by atoms with E-state index >= 15 is 0 Å². The zero-order chi connectivity index (χ0) is 15.2. The van der Waals surface area contributed by atoms with Crippen molar-refractivity contribution in [2.45, 2.75) is 33.2 Å². The molecule has 22 heavy (non-hydrogen) atoms. The number of nitrogens with one attached hydrogen (secondary N) is 2. The molecule has 1 aliphatic heterocycles. The molecule has 0 unspecified atom stereocenters. The Morgan fingerprint density at radius 3 is 2.55 bits per heavy atom. The van der Waals surface area contributed by atoms with E-state index in [9.17, 15) is 4.79 Å². The summed E-state index contributed by atoms with van der Waals surface area (Å²) in [6.45, 7) is 6.74. The van der Waals surface area contributed by atoms with Gasteiger partial charge in [0.1, 0.15) is 0 Å². The van der Waals surface area contributed by atoms with Gasteiger partial charge in [0.15, 0.2) is 5.96 Å². The van der Waals surface area contributed by atoms with E-state index in [4.69, 9.17) is 0 Å². The van der Waals surface area contributed by atoms with Crippen molar-refractivity contribution in [1.82, 2.24) is 20.5 Å². The zero-order valence-corrected chi connectivity index (χ0v) is 16.5. The van der Waals surface area contributed by atoms with Gasteiger partial charge in [-0.05, 0) is 26.7 Å². The Hall–Kier alpha value is -0.900. The minimum absolute atomic E-state index is 0. The number of thiazole rings is 1. The minimum atomic E-state index is 0. The molecule has 0 atom stereocenters. The molecule has 124 valence electrons. The van der Waals surface area contributed by atoms with Crippen LogP contribution in [0.3, 0.4) is 0 Å². The van der Waals surface area contributed by atoms with Crippen molar-refractivity contribution in [2.24, 2.45) is 4.99 Å². The summed E-state index contributed by atoms with van der Waals surface area (Å²) in [6, 6.07) is 0. The quantitative estimate of drug-likeness (QED) is 0.427. The first kappa shape index (κ1) is 19.1. The van der Waals surface area contributed by atoms with Gasteiger partial charge in [-0.25, -0.2) is 4.98 Å². The second kappa shape index (κ2) is 9.29. The third-order valence-electron chi connectivity index (χ3n) is 3.51. The van der Waals surface area contributed by atoms with E-state index in [1.807, 2.05) is 18.7 Å². The standard InChI is InChI=1S/C14H23N5OS.HI/c1-10-12(21-11(2)18-10)8-16-14(15-3)17-9-13(20)19-6-4-5-7-19;/h4-9H2,1-3H3,(H2,15,16,17);1H. The highest BCUT2D eigenvalue weighted by atomic mass is 127. The number of nitrogens with zero attached hydrogens (tertiary/aromatic N) is 3. The second-order valence-corrected chi connectivity index (χ2v) is 6.40. The fourth-order valence-electron chi connectivity index (χ4n) is 2.36. The van der Waals surface area contributed by atoms with Gasteiger partial charge in [0.2, 0.25) is 5.91 Å². The summed E-state index contributed by atoms with van der Waals surface area (Å²) < 4.78 is 0. The van der Waals surface area contributed by atoms with E-state index in [0.29, 0.717) is 19.0 Å². The van der Waals surface area contributed by atoms with Crippen LogP contribution in [0.25, 0.3) is 0 Å². The molecule has 1 aliphatic rings. The lowest BCUT2D eigenvalue weighted by molar-refractivity contribution is -0.128. The number of aromatic nitrogens is 1. The predicted octanol–water partition coefficient (Wildman–Crippen LogP) is 1.67. The van der Waals surface area contributed by atoms with Gasteiger partial charge < -0.3 is 15.5 Å². The number of hydrogen-bond donors (Lipinski definition) is 2. The average Bonchev–Trinajstić information content (AvgIpc) is 3.09. The molecule has 1 aromatic heterocycles. The zero-order valence-electron chi connectivity index (χ0n) is 13.3. The maximum absolute atomic E-state index is 12.0. The number of guanidine groups is 1. The third kappa shape index (κ3) is 5.38. The van der Waals surface area contributed by atoms with E-state index in [-0.39, 0.29) is 29.9 Å². The molecule has 2 N–H and O–H groups in total. The molecule has 2 rings (SSSR count). The van der Waals surface area contributed by atoms with Gasteiger partial charge in [-0.1, -0.05) is 0 Å². The van der Waals surface area contributed by atoms with Crippen LogP contribution in [0.1, 0.15) is 28.4 Å². The molecule has 0 saturated carbocycles. The fraction of sp³-hybridized carbons (Fsp3) is 0.643. The van der Waals surface area contributed by atoms with Crippen molar-refractivity contribution in [3.05, 3.63) is 15.6 Å². The number of carbonyl (C=O) groups is 1. The van der Waals surface area contributed by atoms with Crippen LogP contribution in [-0.4, -0.2) is 48.4 Å². The molecule has 6 nitrogen and oxygen atoms in total. The van der Waals surface area contributed by atoms with Crippen molar-refractivity contribution in [3.63, 3.8) is 0 Å². The lowest BCUT2D eigenvalue weighted by Crippen LogP contribution is -2.43. The number of likely N-dealkylation sites (tertiary alicyclic amines) is 1. The number of halogens is 1. The lowest BCUT2D eigenvalue weighted by atomic mass is 10.4. The van der Waals surface area contributed by atoms with Gasteiger partial charge in [0.05, 0.1) is 23.8 Å². The van der Waals surface area contributed by atoms with Crippen LogP contribution in [0.5, 0.6) is 0 Å². The molecule has 0 bridgehead atoms. The summed E-state index contributed by atoms with van der Waals surface area (Å²) in [6.07, 6.45) is 2.23. The first-order valence-electron chi connectivity index (χ1n) is 7.25. The normalized spacial score (nSPS) is 14.7. The fourth-order valence-corrected chi connectivity index (χ4v) is 3.24. The van der Waals surface area contributed by atoms with Gasteiger partial charge in [-0.3, -0.25) is 9.79 Å². The summed E-state index contributed by atoms with van der Waals surface area (Å²) in [4.78, 5) is 23.6. The van der Waals surface area contributed by atoms with Gasteiger partial charge >= 0.3 is 0 Å². The topological polar surface area (TPSA) is 69.6 Å². The third-order valence-corrected chi connectivity index (χ3v) is 4.58. The van der Waals surface area contributed by atoms with Gasteiger partial charge in [-0.2, -0.15) is 0 Å². The van der Waals surface area contributed by atoms with Crippen molar-refractivity contribution < 1.29 is 4.79 Å². The van der Waals surface area contributed by atoms with E-state index in [2.05, 4.69) is 20.6 Å². The number of carbonyl (C=O) groups excluding carboxylic acids is 1. The Bertz CT molecular complexity index is 525. The van der Waals surface area contributed by atoms with E-state index < -0.39 is 0 Å². The molecular formula is C14H24IN5OS. The summed E-state index contributed by atoms with van der Waals surface area (Å²) in [7, 11) is 1.71. The van der Waals surface area contributed by atoms with Crippen molar-refractivity contribution in [3.8, 4) is 0 Å². The van der Waals surface area contributed by atoms with Crippen LogP contribution >= 0.6 is 35.3 Å². The first-order chi connectivity index (χ1) is 10.1. The Morgan fingerprint density at radius 2 is 2.00 bits per heavy atom. The first-order valence-corrected chi connectivity index (χ1v) is 8.07. The molecule has 1 aromatic rings. The Morgan fingerprint density at radius 1 is 1.32 bits per heavy atom. The van der Waals surface area contributed by atoms with Gasteiger partial charge in [-0.15, -0.1) is 35.3 Å². The molecule has 1 saturated heterocycles. The smallest absolute Gasteiger partial charge is 0.241 e. The Labute approximate surface area is 152 Å². The van der Waals surface area contributed by atoms with Crippen molar-refractivity contribution in [2.75, 3.05) is 26.7 Å². The monoisotopic (exact) mass is 437 g/mol. The number of amides is 1. The highest BCUT2D eigenvalue weighted by Crippen LogP contribution is 2.16. The Balaban J connectivity index is 0.00000242. The van der Waals surface area contributed by atoms with Crippen LogP contribution in [0.2, 0.25) is 0 Å². The summed E-state index contributed by atoms with van der Waals surface area (Å²) in [5, 5.41) is 7.37. The molecule has 0 aromatic carbocycles. The van der Waals surface area contributed by atoms with Gasteiger partial charge in [0.25, 0.3) is 0 Å². The molecule has 2 heterocycles. The molecule has 0 radical (unpaired) electrons. The highest BCUT2D eigenvalue weighted by Gasteiger charge is 2.17. The minimum Gasteiger partial charge on any atom is -0.351 e. The predicted molar refractivity (Wildman–Crippen MR) is 101 cm³/mol. The average molecular weight is 437 g/mol. The number of aryl methyl sites for hydroxylation is 2. The van der Waals surface area contributed by atoms with E-state index in [0.717, 1.165) is 36.6 Å². The number of rotatable bonds is 4. The maximum Gasteiger partial charge on any atom is 0.241 e. The van der Waals surface area contributed by atoms with Crippen LogP contribution in [0, 0.1) is 13.8 Å². The molecule has 1 amide bonds. The summed E-state index contributed by atoms with van der Waals surface area (Å²) in [5.41, 5.74) is 1.05. The van der Waals surface area contributed by atoms with Crippen molar-refractivity contribution in [1.29, 1.82) is 0 Å². The SMILES string of the molecule is CN=C(NCC(=O)N1CCCC1)NCc1sc(C)nc1C.I. The van der Waals surface area contributed by atoms with E-state index in [1.165, 1.54) is 4.88 Å². The van der Waals surface area contributed by atoms with Gasteiger partial charge in [0, 0.05) is 25.0 Å². The van der Waals surface area contributed by atoms with E-state index in [1.54, 1.807) is 18.4 Å². The highest BCUT2D eigenvalue weighted by molar-refractivity contribution is 14.0. The second-order valence-electron chi connectivity index (χ2n) is 5.11. The molecule has 8 heteroatoms. The van der Waals surface area contributed by atoms with Crippen molar-refractivity contribution >= 4 is 47.2 Å². The van der Waals surface area contributed by atoms with Crippen LogP contribution in [0.4, 0.5) is 0 Å². The number of aliphatic imine (C=N–C) groups is 1.